The lowest BCUT2D eigenvalue weighted by Gasteiger charge is -2.30. The maximum Gasteiger partial charge on any atom is 0.227 e. The smallest absolute Gasteiger partial charge is 0.227 e. The Balaban J connectivity index is 1.64. The van der Waals surface area contributed by atoms with E-state index < -0.39 is 0 Å². The van der Waals surface area contributed by atoms with Crippen molar-refractivity contribution < 1.29 is 14.3 Å². The van der Waals surface area contributed by atoms with Crippen molar-refractivity contribution in [3.8, 4) is 11.4 Å². The lowest BCUT2D eigenvalue weighted by Crippen LogP contribution is -2.45. The van der Waals surface area contributed by atoms with Crippen LogP contribution in [0.1, 0.15) is 54.1 Å². The molecule has 1 atom stereocenters. The number of carbonyl (C=O) groups excluding carboxylic acids is 2. The first-order valence-corrected chi connectivity index (χ1v) is 12.6. The number of amides is 1. The van der Waals surface area contributed by atoms with Crippen molar-refractivity contribution in [2.24, 2.45) is 5.92 Å². The third kappa shape index (κ3) is 4.27. The van der Waals surface area contributed by atoms with Gasteiger partial charge in [-0.3, -0.25) is 14.6 Å². The van der Waals surface area contributed by atoms with Gasteiger partial charge in [0.25, 0.3) is 0 Å². The van der Waals surface area contributed by atoms with E-state index in [4.69, 9.17) is 9.72 Å². The fourth-order valence-corrected chi connectivity index (χ4v) is 5.53. The first-order valence-electron chi connectivity index (χ1n) is 12.6. The average molecular weight is 460 g/mol. The summed E-state index contributed by atoms with van der Waals surface area (Å²) in [5, 5.41) is 1.17. The summed E-state index contributed by atoms with van der Waals surface area (Å²) in [7, 11) is 0. The molecule has 178 valence electrons. The lowest BCUT2D eigenvalue weighted by atomic mass is 9.95. The number of unbranched alkanes of at least 4 members (excludes halogenated alkanes) is 3. The number of hydrogen-bond acceptors (Lipinski definition) is 4. The number of carbonyl (C=O) groups is 2. The molecule has 1 aromatic carbocycles. The van der Waals surface area contributed by atoms with Gasteiger partial charge < -0.3 is 14.2 Å². The van der Waals surface area contributed by atoms with Gasteiger partial charge in [-0.25, -0.2) is 0 Å². The average Bonchev–Trinajstić information content (AvgIpc) is 3.07. The largest absolute Gasteiger partial charge is 0.378 e. The van der Waals surface area contributed by atoms with E-state index >= 15 is 0 Å². The van der Waals surface area contributed by atoms with Crippen LogP contribution in [0.25, 0.3) is 22.3 Å². The van der Waals surface area contributed by atoms with Crippen LogP contribution < -0.4 is 0 Å². The van der Waals surface area contributed by atoms with Crippen molar-refractivity contribution >= 4 is 23.1 Å². The Morgan fingerprint density at radius 1 is 1.18 bits per heavy atom. The standard InChI is InChI=1S/C28H33N3O3/c1-2-3-4-5-8-24-23-10-9-20(19-32)16-25(23)31-18-22(28(33)30-12-14-34-15-13-30)17-21-7-6-11-29-26(21)27(24)31/h6-7,9-11,16,19,22H,2-5,8,12-15,17-18H2,1H3. The molecule has 0 N–H and O–H groups in total. The van der Waals surface area contributed by atoms with Crippen LogP contribution in [0.5, 0.6) is 0 Å². The summed E-state index contributed by atoms with van der Waals surface area (Å²) in [6.45, 7) is 5.30. The van der Waals surface area contributed by atoms with Gasteiger partial charge in [-0.05, 0) is 42.5 Å². The van der Waals surface area contributed by atoms with Gasteiger partial charge in [0, 0.05) is 42.3 Å². The van der Waals surface area contributed by atoms with Crippen molar-refractivity contribution in [1.82, 2.24) is 14.5 Å². The number of hydrogen-bond donors (Lipinski definition) is 0. The summed E-state index contributed by atoms with van der Waals surface area (Å²) >= 11 is 0. The molecule has 3 aromatic rings. The zero-order chi connectivity index (χ0) is 23.5. The van der Waals surface area contributed by atoms with E-state index in [0.29, 0.717) is 44.8 Å². The molecule has 0 radical (unpaired) electrons. The number of morpholine rings is 1. The normalized spacial score (nSPS) is 17.8. The highest BCUT2D eigenvalue weighted by atomic mass is 16.5. The second kappa shape index (κ2) is 10.1. The second-order valence-electron chi connectivity index (χ2n) is 9.49. The monoisotopic (exact) mass is 459 g/mol. The molecule has 6 heteroatoms. The van der Waals surface area contributed by atoms with Gasteiger partial charge in [-0.1, -0.05) is 44.4 Å². The van der Waals surface area contributed by atoms with Crippen LogP contribution in [0.4, 0.5) is 0 Å². The molecule has 6 nitrogen and oxygen atoms in total. The molecule has 0 bridgehead atoms. The van der Waals surface area contributed by atoms with Crippen LogP contribution in [0, 0.1) is 5.92 Å². The molecule has 1 unspecified atom stereocenters. The molecule has 34 heavy (non-hydrogen) atoms. The van der Waals surface area contributed by atoms with Gasteiger partial charge in [-0.2, -0.15) is 0 Å². The number of aryl methyl sites for hydroxylation is 1. The maximum atomic E-state index is 13.6. The van der Waals surface area contributed by atoms with E-state index in [2.05, 4.69) is 23.6 Å². The zero-order valence-corrected chi connectivity index (χ0v) is 20.0. The molecule has 0 aliphatic carbocycles. The van der Waals surface area contributed by atoms with Crippen LogP contribution in [0.15, 0.2) is 36.5 Å². The quantitative estimate of drug-likeness (QED) is 0.380. The van der Waals surface area contributed by atoms with E-state index in [-0.39, 0.29) is 11.8 Å². The third-order valence-electron chi connectivity index (χ3n) is 7.27. The first kappa shape index (κ1) is 22.8. The highest BCUT2D eigenvalue weighted by molar-refractivity contribution is 5.95. The van der Waals surface area contributed by atoms with Crippen LogP contribution in [-0.2, 0) is 28.9 Å². The van der Waals surface area contributed by atoms with Gasteiger partial charge >= 0.3 is 0 Å². The molecule has 1 fully saturated rings. The Hall–Kier alpha value is -2.99. The lowest BCUT2D eigenvalue weighted by molar-refractivity contribution is -0.140. The minimum absolute atomic E-state index is 0.175. The minimum atomic E-state index is -0.175. The predicted molar refractivity (Wildman–Crippen MR) is 133 cm³/mol. The van der Waals surface area contributed by atoms with E-state index in [1.165, 1.54) is 30.2 Å². The SMILES string of the molecule is CCCCCCc1c2n(c3cc(C=O)ccc13)CC(C(=O)N1CCOCC1)Cc1cccnc1-2. The molecule has 1 saturated heterocycles. The number of fused-ring (bicyclic) bond motifs is 5. The Morgan fingerprint density at radius 3 is 2.82 bits per heavy atom. The molecular formula is C28H33N3O3. The Bertz CT molecular complexity index is 1190. The molecule has 5 rings (SSSR count). The molecule has 0 saturated carbocycles. The molecule has 1 amide bonds. The number of rotatable bonds is 7. The van der Waals surface area contributed by atoms with Crippen molar-refractivity contribution in [1.29, 1.82) is 0 Å². The van der Waals surface area contributed by atoms with E-state index in [9.17, 15) is 9.59 Å². The Morgan fingerprint density at radius 2 is 2.03 bits per heavy atom. The van der Waals surface area contributed by atoms with Gasteiger partial charge in [-0.15, -0.1) is 0 Å². The summed E-state index contributed by atoms with van der Waals surface area (Å²) in [4.78, 5) is 32.0. The summed E-state index contributed by atoms with van der Waals surface area (Å²) in [5.41, 5.74) is 6.22. The number of benzene rings is 1. The highest BCUT2D eigenvalue weighted by Gasteiger charge is 2.33. The number of aldehydes is 1. The Kier molecular flexibility index (Phi) is 6.77. The van der Waals surface area contributed by atoms with Gasteiger partial charge in [0.2, 0.25) is 5.91 Å². The van der Waals surface area contributed by atoms with Crippen LogP contribution in [0.2, 0.25) is 0 Å². The van der Waals surface area contributed by atoms with Gasteiger partial charge in [0.05, 0.1) is 30.5 Å². The van der Waals surface area contributed by atoms with Crippen LogP contribution in [-0.4, -0.2) is 52.9 Å². The summed E-state index contributed by atoms with van der Waals surface area (Å²) in [6.07, 6.45) is 9.14. The third-order valence-corrected chi connectivity index (χ3v) is 7.27. The molecular weight excluding hydrogens is 426 g/mol. The van der Waals surface area contributed by atoms with Crippen LogP contribution in [0.3, 0.4) is 0 Å². The number of pyridine rings is 1. The Labute approximate surface area is 200 Å². The highest BCUT2D eigenvalue weighted by Crippen LogP contribution is 2.39. The fourth-order valence-electron chi connectivity index (χ4n) is 5.53. The van der Waals surface area contributed by atoms with E-state index in [1.54, 1.807) is 0 Å². The number of aromatic nitrogens is 2. The maximum absolute atomic E-state index is 13.6. The number of ether oxygens (including phenoxy) is 1. The topological polar surface area (TPSA) is 64.4 Å². The second-order valence-corrected chi connectivity index (χ2v) is 9.49. The molecule has 2 aliphatic rings. The summed E-state index contributed by atoms with van der Waals surface area (Å²) in [6, 6.07) is 10.1. The van der Waals surface area contributed by atoms with Crippen molar-refractivity contribution in [2.75, 3.05) is 26.3 Å². The predicted octanol–water partition coefficient (Wildman–Crippen LogP) is 4.67. The van der Waals surface area contributed by atoms with Crippen molar-refractivity contribution in [3.05, 3.63) is 53.2 Å². The van der Waals surface area contributed by atoms with Crippen LogP contribution >= 0.6 is 0 Å². The number of nitrogens with zero attached hydrogens (tertiary/aromatic N) is 3. The molecule has 0 spiro atoms. The fraction of sp³-hybridized carbons (Fsp3) is 0.464. The van der Waals surface area contributed by atoms with Gasteiger partial charge in [0.15, 0.2) is 0 Å². The first-order chi connectivity index (χ1) is 16.7. The zero-order valence-electron chi connectivity index (χ0n) is 20.0. The molecule has 2 aliphatic heterocycles. The summed E-state index contributed by atoms with van der Waals surface area (Å²) < 4.78 is 7.75. The molecule has 4 heterocycles. The van der Waals surface area contributed by atoms with E-state index in [0.717, 1.165) is 41.6 Å². The minimum Gasteiger partial charge on any atom is -0.378 e. The van der Waals surface area contributed by atoms with Gasteiger partial charge in [0.1, 0.15) is 6.29 Å². The van der Waals surface area contributed by atoms with E-state index in [1.807, 2.05) is 29.3 Å². The molecule has 2 aromatic heterocycles. The van der Waals surface area contributed by atoms with Crippen molar-refractivity contribution in [2.45, 2.75) is 52.0 Å². The van der Waals surface area contributed by atoms with Crippen molar-refractivity contribution in [3.63, 3.8) is 0 Å². The summed E-state index contributed by atoms with van der Waals surface area (Å²) in [5.74, 6) is 0.00886.